The van der Waals surface area contributed by atoms with Gasteiger partial charge in [0.05, 0.1) is 19.8 Å². The lowest BCUT2D eigenvalue weighted by atomic mass is 10.3. The largest absolute Gasteiger partial charge is 0.493 e. The van der Waals surface area contributed by atoms with Crippen molar-refractivity contribution in [2.75, 3.05) is 33.4 Å². The first-order valence-electron chi connectivity index (χ1n) is 6.32. The minimum atomic E-state index is 0.289. The third-order valence-corrected chi connectivity index (χ3v) is 2.34. The molecule has 1 aromatic carbocycles. The smallest absolute Gasteiger partial charge is 0.161 e. The van der Waals surface area contributed by atoms with Gasteiger partial charge >= 0.3 is 0 Å². The van der Waals surface area contributed by atoms with Gasteiger partial charge in [-0.15, -0.1) is 0 Å². The van der Waals surface area contributed by atoms with Crippen molar-refractivity contribution in [2.45, 2.75) is 20.0 Å². The van der Waals surface area contributed by atoms with Crippen molar-refractivity contribution in [2.24, 2.45) is 0 Å². The van der Waals surface area contributed by atoms with Gasteiger partial charge in [-0.2, -0.15) is 0 Å². The molecule has 0 atom stereocenters. The molecule has 1 N–H and O–H groups in total. The number of benzene rings is 1. The highest BCUT2D eigenvalue weighted by molar-refractivity contribution is 5.39. The molecule has 0 aliphatic rings. The summed E-state index contributed by atoms with van der Waals surface area (Å²) in [5.41, 5.74) is 0. The van der Waals surface area contributed by atoms with E-state index in [1.165, 1.54) is 0 Å². The summed E-state index contributed by atoms with van der Waals surface area (Å²) in [7, 11) is 1.64. The maximum atomic E-state index is 5.63. The molecule has 0 radical (unpaired) electrons. The van der Waals surface area contributed by atoms with E-state index in [4.69, 9.17) is 14.2 Å². The minimum Gasteiger partial charge on any atom is -0.493 e. The number of ether oxygens (including phenoxy) is 3. The summed E-state index contributed by atoms with van der Waals surface area (Å²) in [5.74, 6) is 1.54. The van der Waals surface area contributed by atoms with E-state index in [0.717, 1.165) is 31.2 Å². The molecule has 0 amide bonds. The van der Waals surface area contributed by atoms with Gasteiger partial charge in [0.1, 0.15) is 6.61 Å². The standard InChI is InChI=1S/C14H23NO3/c1-12(2)17-10-8-15-9-11-18-14-7-5-4-6-13(14)16-3/h4-7,12,15H,8-11H2,1-3H3. The summed E-state index contributed by atoms with van der Waals surface area (Å²) < 4.78 is 16.2. The molecule has 18 heavy (non-hydrogen) atoms. The minimum absolute atomic E-state index is 0.289. The van der Waals surface area contributed by atoms with E-state index >= 15 is 0 Å². The van der Waals surface area contributed by atoms with Crippen LogP contribution in [0.25, 0.3) is 0 Å². The fourth-order valence-corrected chi connectivity index (χ4v) is 1.46. The third kappa shape index (κ3) is 5.89. The van der Waals surface area contributed by atoms with Gasteiger partial charge in [0.25, 0.3) is 0 Å². The third-order valence-electron chi connectivity index (χ3n) is 2.34. The van der Waals surface area contributed by atoms with Crippen LogP contribution in [0.5, 0.6) is 11.5 Å². The Morgan fingerprint density at radius 3 is 2.39 bits per heavy atom. The van der Waals surface area contributed by atoms with E-state index < -0.39 is 0 Å². The van der Waals surface area contributed by atoms with Gasteiger partial charge in [-0.3, -0.25) is 0 Å². The zero-order valence-electron chi connectivity index (χ0n) is 11.4. The van der Waals surface area contributed by atoms with E-state index in [0.29, 0.717) is 6.61 Å². The Morgan fingerprint density at radius 1 is 1.06 bits per heavy atom. The van der Waals surface area contributed by atoms with E-state index in [1.807, 2.05) is 38.1 Å². The second-order valence-electron chi connectivity index (χ2n) is 4.17. The van der Waals surface area contributed by atoms with Gasteiger partial charge in [0.2, 0.25) is 0 Å². The zero-order chi connectivity index (χ0) is 13.2. The Labute approximate surface area is 109 Å². The highest BCUT2D eigenvalue weighted by Gasteiger charge is 2.01. The lowest BCUT2D eigenvalue weighted by molar-refractivity contribution is 0.0804. The molecule has 0 heterocycles. The average molecular weight is 253 g/mol. The van der Waals surface area contributed by atoms with Crippen LogP contribution in [-0.2, 0) is 4.74 Å². The molecule has 0 spiro atoms. The van der Waals surface area contributed by atoms with E-state index in [9.17, 15) is 0 Å². The number of hydrogen-bond donors (Lipinski definition) is 1. The zero-order valence-corrected chi connectivity index (χ0v) is 11.4. The van der Waals surface area contributed by atoms with Crippen LogP contribution in [0.2, 0.25) is 0 Å². The first-order valence-corrected chi connectivity index (χ1v) is 6.32. The average Bonchev–Trinajstić information content (AvgIpc) is 2.37. The van der Waals surface area contributed by atoms with Crippen LogP contribution in [0.1, 0.15) is 13.8 Å². The molecule has 4 nitrogen and oxygen atoms in total. The summed E-state index contributed by atoms with van der Waals surface area (Å²) in [6, 6.07) is 7.65. The number of hydrogen-bond acceptors (Lipinski definition) is 4. The monoisotopic (exact) mass is 253 g/mol. The van der Waals surface area contributed by atoms with E-state index in [-0.39, 0.29) is 6.10 Å². The van der Waals surface area contributed by atoms with E-state index in [2.05, 4.69) is 5.32 Å². The fourth-order valence-electron chi connectivity index (χ4n) is 1.46. The van der Waals surface area contributed by atoms with Crippen LogP contribution < -0.4 is 14.8 Å². The molecule has 0 fully saturated rings. The predicted molar refractivity (Wildman–Crippen MR) is 72.4 cm³/mol. The normalized spacial score (nSPS) is 10.7. The lowest BCUT2D eigenvalue weighted by Crippen LogP contribution is -2.25. The Balaban J connectivity index is 2.10. The SMILES string of the molecule is COc1ccccc1OCCNCCOC(C)C. The molecule has 0 aromatic heterocycles. The van der Waals surface area contributed by atoms with Gasteiger partial charge < -0.3 is 19.5 Å². The highest BCUT2D eigenvalue weighted by Crippen LogP contribution is 2.25. The quantitative estimate of drug-likeness (QED) is 0.684. The summed E-state index contributed by atoms with van der Waals surface area (Å²) in [4.78, 5) is 0. The van der Waals surface area contributed by atoms with Gasteiger partial charge in [-0.05, 0) is 26.0 Å². The van der Waals surface area contributed by atoms with Crippen molar-refractivity contribution in [1.29, 1.82) is 0 Å². The Bertz CT molecular complexity index is 329. The first-order chi connectivity index (χ1) is 8.74. The molecule has 0 saturated carbocycles. The summed E-state index contributed by atoms with van der Waals surface area (Å²) in [6.07, 6.45) is 0.289. The molecule has 4 heteroatoms. The first kappa shape index (κ1) is 14.8. The number of methoxy groups -OCH3 is 1. The number of nitrogens with one attached hydrogen (secondary N) is 1. The Hall–Kier alpha value is -1.26. The second-order valence-corrected chi connectivity index (χ2v) is 4.17. The van der Waals surface area contributed by atoms with E-state index in [1.54, 1.807) is 7.11 Å². The highest BCUT2D eigenvalue weighted by atomic mass is 16.5. The van der Waals surface area contributed by atoms with Gasteiger partial charge in [0.15, 0.2) is 11.5 Å². The molecule has 0 bridgehead atoms. The van der Waals surface area contributed by atoms with Gasteiger partial charge in [-0.1, -0.05) is 12.1 Å². The maximum absolute atomic E-state index is 5.63. The molecule has 1 rings (SSSR count). The van der Waals surface area contributed by atoms with Crippen molar-refractivity contribution in [3.05, 3.63) is 24.3 Å². The maximum Gasteiger partial charge on any atom is 0.161 e. The van der Waals surface area contributed by atoms with Crippen molar-refractivity contribution < 1.29 is 14.2 Å². The molecule has 102 valence electrons. The fraction of sp³-hybridized carbons (Fsp3) is 0.571. The van der Waals surface area contributed by atoms with Crippen LogP contribution in [0.4, 0.5) is 0 Å². The summed E-state index contributed by atoms with van der Waals surface area (Å²) >= 11 is 0. The molecule has 0 saturated heterocycles. The molecule has 0 aliphatic carbocycles. The lowest BCUT2D eigenvalue weighted by Gasteiger charge is -2.11. The number of rotatable bonds is 9. The van der Waals surface area contributed by atoms with Crippen molar-refractivity contribution in [3.8, 4) is 11.5 Å². The predicted octanol–water partition coefficient (Wildman–Crippen LogP) is 2.09. The van der Waals surface area contributed by atoms with Crippen LogP contribution >= 0.6 is 0 Å². The second kappa shape index (κ2) is 8.78. The van der Waals surface area contributed by atoms with Gasteiger partial charge in [0, 0.05) is 13.1 Å². The van der Waals surface area contributed by atoms with Crippen molar-refractivity contribution >= 4 is 0 Å². The topological polar surface area (TPSA) is 39.7 Å². The van der Waals surface area contributed by atoms with Crippen molar-refractivity contribution in [3.63, 3.8) is 0 Å². The molecular formula is C14H23NO3. The van der Waals surface area contributed by atoms with Crippen LogP contribution in [0.3, 0.4) is 0 Å². The summed E-state index contributed by atoms with van der Waals surface area (Å²) in [6.45, 7) is 7.04. The molecular weight excluding hydrogens is 230 g/mol. The van der Waals surface area contributed by atoms with Crippen LogP contribution in [0, 0.1) is 0 Å². The molecule has 0 aliphatic heterocycles. The Kier molecular flexibility index (Phi) is 7.22. The summed E-state index contributed by atoms with van der Waals surface area (Å²) in [5, 5.41) is 3.26. The van der Waals surface area contributed by atoms with Crippen LogP contribution in [0.15, 0.2) is 24.3 Å². The van der Waals surface area contributed by atoms with Gasteiger partial charge in [-0.25, -0.2) is 0 Å². The number of para-hydroxylation sites is 2. The van der Waals surface area contributed by atoms with Crippen molar-refractivity contribution in [1.82, 2.24) is 5.32 Å². The molecule has 1 aromatic rings. The molecule has 0 unspecified atom stereocenters. The Morgan fingerprint density at radius 2 is 1.72 bits per heavy atom. The van der Waals surface area contributed by atoms with Crippen LogP contribution in [-0.4, -0.2) is 39.5 Å².